The number of aryl methyl sites for hydroxylation is 1. The minimum absolute atomic E-state index is 0.597. The fraction of sp³-hybridized carbons (Fsp3) is 0.750. The van der Waals surface area contributed by atoms with Crippen LogP contribution in [-0.2, 0) is 0 Å². The summed E-state index contributed by atoms with van der Waals surface area (Å²) in [6.07, 6.45) is 6.41. The number of hydrogen-bond donors (Lipinski definition) is 0. The number of hydrogen-bond acceptors (Lipinski definition) is 3. The van der Waals surface area contributed by atoms with Crippen molar-refractivity contribution in [3.05, 3.63) is 16.5 Å². The zero-order valence-corrected chi connectivity index (χ0v) is 13.9. The van der Waals surface area contributed by atoms with Crippen LogP contribution in [-0.4, -0.2) is 22.6 Å². The molecule has 1 aliphatic rings. The van der Waals surface area contributed by atoms with Crippen LogP contribution in [0.1, 0.15) is 57.3 Å². The normalized spacial score (nSPS) is 16.1. The summed E-state index contributed by atoms with van der Waals surface area (Å²) in [5, 5.41) is 0.597. The summed E-state index contributed by atoms with van der Waals surface area (Å²) in [4.78, 5) is 11.4. The second-order valence-corrected chi connectivity index (χ2v) is 6.68. The van der Waals surface area contributed by atoms with Crippen LogP contribution in [0.3, 0.4) is 0 Å². The van der Waals surface area contributed by atoms with Gasteiger partial charge in [0.1, 0.15) is 16.8 Å². The Morgan fingerprint density at radius 2 is 1.85 bits per heavy atom. The molecule has 1 fully saturated rings. The van der Waals surface area contributed by atoms with Gasteiger partial charge in [-0.1, -0.05) is 38.3 Å². The molecule has 0 unspecified atom stereocenters. The summed E-state index contributed by atoms with van der Waals surface area (Å²) in [7, 11) is 0. The van der Waals surface area contributed by atoms with Crippen molar-refractivity contribution in [1.82, 2.24) is 9.97 Å². The molecule has 3 nitrogen and oxygen atoms in total. The first-order valence-electron chi connectivity index (χ1n) is 7.76. The topological polar surface area (TPSA) is 29.0 Å². The van der Waals surface area contributed by atoms with Crippen molar-refractivity contribution in [3.8, 4) is 0 Å². The van der Waals surface area contributed by atoms with Gasteiger partial charge in [0.05, 0.1) is 0 Å². The molecule has 0 saturated heterocycles. The van der Waals surface area contributed by atoms with E-state index in [9.17, 15) is 0 Å². The Hall–Kier alpha value is -0.830. The van der Waals surface area contributed by atoms with Crippen molar-refractivity contribution in [3.63, 3.8) is 0 Å². The van der Waals surface area contributed by atoms with Gasteiger partial charge in [-0.15, -0.1) is 0 Å². The lowest BCUT2D eigenvalue weighted by atomic mass is 10.1. The standard InChI is InChI=1S/C16H26ClN3/c1-11(2)9-10-20(14-7-5-6-8-14)16-12(3)15(17)18-13(4)19-16/h11,14H,5-10H2,1-4H3. The van der Waals surface area contributed by atoms with E-state index in [1.165, 1.54) is 32.1 Å². The predicted octanol–water partition coefficient (Wildman–Crippen LogP) is 4.54. The molecular formula is C16H26ClN3. The Balaban J connectivity index is 2.29. The molecule has 0 amide bonds. The summed E-state index contributed by atoms with van der Waals surface area (Å²) in [6, 6.07) is 0.623. The lowest BCUT2D eigenvalue weighted by molar-refractivity contribution is 0.523. The smallest absolute Gasteiger partial charge is 0.137 e. The monoisotopic (exact) mass is 295 g/mol. The molecule has 0 spiro atoms. The van der Waals surface area contributed by atoms with E-state index >= 15 is 0 Å². The van der Waals surface area contributed by atoms with E-state index in [1.807, 2.05) is 13.8 Å². The Morgan fingerprint density at radius 3 is 2.45 bits per heavy atom. The highest BCUT2D eigenvalue weighted by Gasteiger charge is 2.26. The van der Waals surface area contributed by atoms with Gasteiger partial charge in [0.2, 0.25) is 0 Å². The van der Waals surface area contributed by atoms with Crippen LogP contribution in [0, 0.1) is 19.8 Å². The van der Waals surface area contributed by atoms with Gasteiger partial charge in [-0.05, 0) is 39.0 Å². The maximum absolute atomic E-state index is 6.25. The molecule has 20 heavy (non-hydrogen) atoms. The Bertz CT molecular complexity index is 453. The molecule has 0 aromatic carbocycles. The fourth-order valence-corrected chi connectivity index (χ4v) is 3.14. The summed E-state index contributed by atoms with van der Waals surface area (Å²) >= 11 is 6.25. The van der Waals surface area contributed by atoms with Gasteiger partial charge in [-0.3, -0.25) is 0 Å². The largest absolute Gasteiger partial charge is 0.353 e. The SMILES string of the molecule is Cc1nc(Cl)c(C)c(N(CCC(C)C)C2CCCC2)n1. The van der Waals surface area contributed by atoms with Crippen molar-refractivity contribution in [1.29, 1.82) is 0 Å². The molecule has 0 atom stereocenters. The highest BCUT2D eigenvalue weighted by Crippen LogP contribution is 2.31. The Labute approximate surface area is 127 Å². The van der Waals surface area contributed by atoms with E-state index in [0.29, 0.717) is 17.1 Å². The second-order valence-electron chi connectivity index (χ2n) is 6.32. The highest BCUT2D eigenvalue weighted by atomic mass is 35.5. The van der Waals surface area contributed by atoms with Gasteiger partial charge in [-0.25, -0.2) is 9.97 Å². The van der Waals surface area contributed by atoms with Crippen LogP contribution in [0.15, 0.2) is 0 Å². The summed E-state index contributed by atoms with van der Waals surface area (Å²) in [6.45, 7) is 9.57. The number of anilines is 1. The van der Waals surface area contributed by atoms with E-state index in [0.717, 1.165) is 23.8 Å². The van der Waals surface area contributed by atoms with E-state index in [1.54, 1.807) is 0 Å². The molecule has 0 N–H and O–H groups in total. The summed E-state index contributed by atoms with van der Waals surface area (Å²) in [5.41, 5.74) is 1.02. The van der Waals surface area contributed by atoms with E-state index in [-0.39, 0.29) is 0 Å². The minimum Gasteiger partial charge on any atom is -0.353 e. The van der Waals surface area contributed by atoms with Crippen LogP contribution >= 0.6 is 11.6 Å². The molecule has 1 saturated carbocycles. The Morgan fingerprint density at radius 1 is 1.20 bits per heavy atom. The molecule has 2 rings (SSSR count). The molecular weight excluding hydrogens is 270 g/mol. The molecule has 0 bridgehead atoms. The first-order valence-corrected chi connectivity index (χ1v) is 8.14. The third-order valence-electron chi connectivity index (χ3n) is 4.16. The van der Waals surface area contributed by atoms with E-state index in [2.05, 4.69) is 28.7 Å². The van der Waals surface area contributed by atoms with Crippen LogP contribution < -0.4 is 4.90 Å². The van der Waals surface area contributed by atoms with Crippen molar-refractivity contribution in [2.45, 2.75) is 65.8 Å². The minimum atomic E-state index is 0.597. The molecule has 0 radical (unpaired) electrons. The predicted molar refractivity (Wildman–Crippen MR) is 85.6 cm³/mol. The number of aromatic nitrogens is 2. The van der Waals surface area contributed by atoms with Gasteiger partial charge in [0.25, 0.3) is 0 Å². The zero-order valence-electron chi connectivity index (χ0n) is 13.1. The molecule has 1 aromatic rings. The fourth-order valence-electron chi connectivity index (χ4n) is 2.93. The molecule has 1 heterocycles. The maximum Gasteiger partial charge on any atom is 0.137 e. The van der Waals surface area contributed by atoms with Crippen molar-refractivity contribution in [2.75, 3.05) is 11.4 Å². The average molecular weight is 296 g/mol. The Kier molecular flexibility index (Phi) is 5.25. The first-order chi connectivity index (χ1) is 9.49. The maximum atomic E-state index is 6.25. The molecule has 112 valence electrons. The van der Waals surface area contributed by atoms with Crippen LogP contribution in [0.5, 0.6) is 0 Å². The van der Waals surface area contributed by atoms with E-state index in [4.69, 9.17) is 11.6 Å². The first kappa shape index (κ1) is 15.6. The van der Waals surface area contributed by atoms with E-state index < -0.39 is 0 Å². The van der Waals surface area contributed by atoms with Crippen LogP contribution in [0.4, 0.5) is 5.82 Å². The van der Waals surface area contributed by atoms with Crippen molar-refractivity contribution < 1.29 is 0 Å². The summed E-state index contributed by atoms with van der Waals surface area (Å²) in [5.74, 6) is 2.52. The third kappa shape index (κ3) is 3.63. The van der Waals surface area contributed by atoms with Gasteiger partial charge < -0.3 is 4.90 Å². The lowest BCUT2D eigenvalue weighted by Gasteiger charge is -2.32. The summed E-state index contributed by atoms with van der Waals surface area (Å²) < 4.78 is 0. The van der Waals surface area contributed by atoms with Crippen LogP contribution in [0.2, 0.25) is 5.15 Å². The third-order valence-corrected chi connectivity index (χ3v) is 4.53. The zero-order chi connectivity index (χ0) is 14.7. The lowest BCUT2D eigenvalue weighted by Crippen LogP contribution is -2.36. The average Bonchev–Trinajstić information content (AvgIpc) is 2.88. The number of nitrogens with zero attached hydrogens (tertiary/aromatic N) is 3. The van der Waals surface area contributed by atoms with Gasteiger partial charge in [0, 0.05) is 18.2 Å². The van der Waals surface area contributed by atoms with Gasteiger partial charge >= 0.3 is 0 Å². The van der Waals surface area contributed by atoms with Gasteiger partial charge in [0.15, 0.2) is 0 Å². The number of halogens is 1. The molecule has 1 aliphatic carbocycles. The second kappa shape index (κ2) is 6.75. The van der Waals surface area contributed by atoms with Crippen molar-refractivity contribution >= 4 is 17.4 Å². The molecule has 1 aromatic heterocycles. The molecule has 0 aliphatic heterocycles. The highest BCUT2D eigenvalue weighted by molar-refractivity contribution is 6.30. The molecule has 4 heteroatoms. The quantitative estimate of drug-likeness (QED) is 0.747. The van der Waals surface area contributed by atoms with Gasteiger partial charge in [-0.2, -0.15) is 0 Å². The number of rotatable bonds is 5. The van der Waals surface area contributed by atoms with Crippen LogP contribution in [0.25, 0.3) is 0 Å². The van der Waals surface area contributed by atoms with Crippen molar-refractivity contribution in [2.24, 2.45) is 5.92 Å².